The van der Waals surface area contributed by atoms with Crippen LogP contribution in [0.2, 0.25) is 0 Å². The van der Waals surface area contributed by atoms with Gasteiger partial charge < -0.3 is 19.4 Å². The molecule has 10 heteroatoms. The minimum absolute atomic E-state index is 0.0327. The first-order chi connectivity index (χ1) is 41.4. The Morgan fingerprint density at radius 2 is 0.753 bits per heavy atom. The van der Waals surface area contributed by atoms with Crippen molar-refractivity contribution >= 4 is 19.7 Å². The molecule has 0 aliphatic heterocycles. The van der Waals surface area contributed by atoms with E-state index in [1.807, 2.05) is 33.3 Å². The second-order valence-electron chi connectivity index (χ2n) is 24.7. The number of phosphoric acid groups is 1. The molecule has 0 fully saturated rings. The number of phosphoric ester groups is 1. The number of hydrogen-bond acceptors (Lipinski definition) is 6. The topological polar surface area (TPSA) is 111 Å². The number of nitrogens with zero attached hydrogens (tertiary/aromatic N) is 1. The fourth-order valence-electron chi connectivity index (χ4n) is 9.80. The highest BCUT2D eigenvalue weighted by atomic mass is 31.2. The van der Waals surface area contributed by atoms with Gasteiger partial charge in [-0.2, -0.15) is 0 Å². The Labute approximate surface area is 525 Å². The number of allylic oxidation sites excluding steroid dienone is 17. The Hall–Kier alpha value is -3.33. The van der Waals surface area contributed by atoms with Gasteiger partial charge in [-0.1, -0.05) is 285 Å². The summed E-state index contributed by atoms with van der Waals surface area (Å²) in [5.41, 5.74) is 0. The molecule has 0 bridgehead atoms. The van der Waals surface area contributed by atoms with E-state index in [1.165, 1.54) is 141 Å². The lowest BCUT2D eigenvalue weighted by Crippen LogP contribution is -2.47. The Kier molecular flexibility index (Phi) is 61.2. The lowest BCUT2D eigenvalue weighted by molar-refractivity contribution is -0.870. The fraction of sp³-hybridized carbons (Fsp3) is 0.733. The van der Waals surface area contributed by atoms with Crippen LogP contribution >= 0.6 is 7.82 Å². The maximum atomic E-state index is 13.6. The first kappa shape index (κ1) is 81.7. The van der Waals surface area contributed by atoms with Gasteiger partial charge in [-0.05, 0) is 115 Å². The molecule has 3 atom stereocenters. The molecule has 0 aromatic rings. The lowest BCUT2D eigenvalue weighted by Gasteiger charge is -2.27. The van der Waals surface area contributed by atoms with E-state index in [2.05, 4.69) is 123 Å². The fourth-order valence-corrected chi connectivity index (χ4v) is 10.5. The predicted octanol–water partition coefficient (Wildman–Crippen LogP) is 22.5. The van der Waals surface area contributed by atoms with E-state index in [0.29, 0.717) is 17.4 Å². The molecule has 0 aliphatic rings. The van der Waals surface area contributed by atoms with E-state index in [9.17, 15) is 19.0 Å². The molecule has 1 amide bonds. The van der Waals surface area contributed by atoms with E-state index >= 15 is 0 Å². The molecule has 0 saturated carbocycles. The highest BCUT2D eigenvalue weighted by Crippen LogP contribution is 2.43. The molecule has 0 spiro atoms. The zero-order valence-corrected chi connectivity index (χ0v) is 57.0. The summed E-state index contributed by atoms with van der Waals surface area (Å²) in [6, 6.07) is -0.863. The SMILES string of the molecule is CC/C=C\C/C=C\C/C=C\C/C=C\C/C=C\C/C=C\CCCCCCCCC(=O)OC(/C=C/CCCCCCCCCCCCC)C(COP(=O)(O)OCC[N+](C)(C)C)NC(=O)CCCCCCCCCCCCC/C=C\C/C=C\CCCCC. The van der Waals surface area contributed by atoms with Crippen molar-refractivity contribution in [3.63, 3.8) is 0 Å². The first-order valence-electron chi connectivity index (χ1n) is 35.2. The van der Waals surface area contributed by atoms with Crippen LogP contribution in [0.3, 0.4) is 0 Å². The van der Waals surface area contributed by atoms with Crippen LogP contribution in [0, 0.1) is 0 Å². The van der Waals surface area contributed by atoms with Gasteiger partial charge in [0.1, 0.15) is 19.3 Å². The third kappa shape index (κ3) is 65.0. The highest BCUT2D eigenvalue weighted by molar-refractivity contribution is 7.47. The van der Waals surface area contributed by atoms with Gasteiger partial charge in [0.05, 0.1) is 33.8 Å². The number of esters is 1. The van der Waals surface area contributed by atoms with E-state index in [4.69, 9.17) is 13.8 Å². The number of amides is 1. The maximum absolute atomic E-state index is 13.6. The zero-order valence-electron chi connectivity index (χ0n) is 56.1. The molecule has 85 heavy (non-hydrogen) atoms. The number of likely N-dealkylation sites (N-methyl/N-ethyl adjacent to an activating group) is 1. The van der Waals surface area contributed by atoms with E-state index in [0.717, 1.165) is 128 Å². The van der Waals surface area contributed by atoms with Crippen molar-refractivity contribution < 1.29 is 37.3 Å². The molecule has 0 radical (unpaired) electrons. The average Bonchev–Trinajstić information content (AvgIpc) is 3.48. The van der Waals surface area contributed by atoms with Crippen LogP contribution in [-0.2, 0) is 27.9 Å². The molecule has 0 saturated heterocycles. The van der Waals surface area contributed by atoms with Crippen LogP contribution in [-0.4, -0.2) is 74.3 Å². The van der Waals surface area contributed by atoms with Crippen molar-refractivity contribution in [3.8, 4) is 0 Å². The molecule has 490 valence electrons. The number of carbonyl (C=O) groups is 2. The molecule has 3 unspecified atom stereocenters. The smallest absolute Gasteiger partial charge is 0.456 e. The highest BCUT2D eigenvalue weighted by Gasteiger charge is 2.30. The molecule has 0 aromatic carbocycles. The number of carbonyl (C=O) groups excluding carboxylic acids is 2. The maximum Gasteiger partial charge on any atom is 0.472 e. The standard InChI is InChI=1S/C75H133N2O7P/c1-7-10-13-16-19-22-25-28-30-32-34-36-37-38-39-41-43-45-47-50-53-56-59-62-65-68-75(79)84-73(66-63-60-57-54-51-48-27-24-21-18-15-12-9-3)72(71-83-85(80,81)82-70-69-77(4,5)6)76-74(78)67-64-61-58-55-52-49-46-44-42-40-35-33-31-29-26-23-20-17-14-11-8-2/h10,13,19-20,22-23,28-31,34,36,38-39,43,45,63,66,72-73H,7-9,11-12,14-18,21,24-27,32-33,35,37,40-42,44,46-62,64-65,67-71H2,1-6H3,(H-,76,78,80,81)/p+1/b13-10-,22-19-,23-20-,30-28-,31-29-,36-34-,39-38-,45-43-,66-63+. The van der Waals surface area contributed by atoms with Gasteiger partial charge in [0.15, 0.2) is 0 Å². The summed E-state index contributed by atoms with van der Waals surface area (Å²) in [6.45, 7) is 6.88. The molecule has 0 heterocycles. The van der Waals surface area contributed by atoms with Crippen LogP contribution in [0.5, 0.6) is 0 Å². The van der Waals surface area contributed by atoms with Crippen molar-refractivity contribution in [2.45, 2.75) is 315 Å². The molecule has 2 N–H and O–H groups in total. The lowest BCUT2D eigenvalue weighted by atomic mass is 10.0. The van der Waals surface area contributed by atoms with Crippen LogP contribution in [0.15, 0.2) is 109 Å². The summed E-state index contributed by atoms with van der Waals surface area (Å²) in [5, 5.41) is 3.07. The largest absolute Gasteiger partial charge is 0.472 e. The number of unbranched alkanes of at least 4 members (excludes halogenated alkanes) is 31. The summed E-state index contributed by atoms with van der Waals surface area (Å²) in [7, 11) is 1.48. The molecule has 9 nitrogen and oxygen atoms in total. The number of hydrogen-bond donors (Lipinski definition) is 2. The van der Waals surface area contributed by atoms with Gasteiger partial charge in [0, 0.05) is 12.8 Å². The third-order valence-electron chi connectivity index (χ3n) is 15.2. The van der Waals surface area contributed by atoms with E-state index in [1.54, 1.807) is 0 Å². The van der Waals surface area contributed by atoms with Crippen molar-refractivity contribution in [2.24, 2.45) is 0 Å². The van der Waals surface area contributed by atoms with Crippen LogP contribution in [0.4, 0.5) is 0 Å². The van der Waals surface area contributed by atoms with Gasteiger partial charge in [0.2, 0.25) is 5.91 Å². The Morgan fingerprint density at radius 1 is 0.424 bits per heavy atom. The molecular weight excluding hydrogens is 1070 g/mol. The number of nitrogens with one attached hydrogen (secondary N) is 1. The van der Waals surface area contributed by atoms with E-state index < -0.39 is 20.0 Å². The van der Waals surface area contributed by atoms with Gasteiger partial charge in [-0.25, -0.2) is 4.57 Å². The minimum atomic E-state index is -4.47. The van der Waals surface area contributed by atoms with Crippen molar-refractivity contribution in [2.75, 3.05) is 40.9 Å². The van der Waals surface area contributed by atoms with Crippen molar-refractivity contribution in [1.82, 2.24) is 5.32 Å². The predicted molar refractivity (Wildman–Crippen MR) is 369 cm³/mol. The minimum Gasteiger partial charge on any atom is -0.456 e. The number of quaternary nitrogens is 1. The zero-order chi connectivity index (χ0) is 62.1. The molecule has 0 aliphatic carbocycles. The number of ether oxygens (including phenoxy) is 1. The molecule has 0 rings (SSSR count). The van der Waals surface area contributed by atoms with Crippen molar-refractivity contribution in [1.29, 1.82) is 0 Å². The quantitative estimate of drug-likeness (QED) is 0.0205. The summed E-state index contributed by atoms with van der Waals surface area (Å²) < 4.78 is 30.8. The summed E-state index contributed by atoms with van der Waals surface area (Å²) in [5.74, 6) is -0.523. The van der Waals surface area contributed by atoms with Gasteiger partial charge >= 0.3 is 13.8 Å². The Bertz CT molecular complexity index is 1820. The Balaban J connectivity index is 5.18. The van der Waals surface area contributed by atoms with Crippen LogP contribution in [0.1, 0.15) is 303 Å². The van der Waals surface area contributed by atoms with Crippen LogP contribution < -0.4 is 5.32 Å². The Morgan fingerprint density at radius 3 is 1.15 bits per heavy atom. The number of rotatable bonds is 63. The van der Waals surface area contributed by atoms with Gasteiger partial charge in [-0.3, -0.25) is 18.6 Å². The average molecular weight is 1210 g/mol. The van der Waals surface area contributed by atoms with E-state index in [-0.39, 0.29) is 31.5 Å². The molecular formula is C75H134N2O7P+. The second kappa shape index (κ2) is 63.7. The van der Waals surface area contributed by atoms with Crippen LogP contribution in [0.25, 0.3) is 0 Å². The monoisotopic (exact) mass is 1210 g/mol. The summed E-state index contributed by atoms with van der Waals surface area (Å²) >= 11 is 0. The third-order valence-corrected chi connectivity index (χ3v) is 16.2. The van der Waals surface area contributed by atoms with Crippen molar-refractivity contribution in [3.05, 3.63) is 109 Å². The summed E-state index contributed by atoms with van der Waals surface area (Å²) in [6.07, 6.45) is 88.0. The van der Waals surface area contributed by atoms with Gasteiger partial charge in [0.25, 0.3) is 0 Å². The normalized spacial score (nSPS) is 14.2. The van der Waals surface area contributed by atoms with Gasteiger partial charge in [-0.15, -0.1) is 0 Å². The summed E-state index contributed by atoms with van der Waals surface area (Å²) in [4.78, 5) is 37.9. The second-order valence-corrected chi connectivity index (χ2v) is 26.1. The first-order valence-corrected chi connectivity index (χ1v) is 36.7. The molecule has 0 aromatic heterocycles.